The first-order valence-corrected chi connectivity index (χ1v) is 7.36. The molecule has 1 aromatic carbocycles. The minimum atomic E-state index is -4.48. The minimum absolute atomic E-state index is 0.0646. The van der Waals surface area contributed by atoms with Gasteiger partial charge in [-0.2, -0.15) is 18.2 Å². The Morgan fingerprint density at radius 2 is 1.65 bits per heavy atom. The van der Waals surface area contributed by atoms with Crippen molar-refractivity contribution in [3.05, 3.63) is 42.0 Å². The van der Waals surface area contributed by atoms with Crippen LogP contribution in [0, 0.1) is 23.7 Å². The average molecular weight is 322 g/mol. The van der Waals surface area contributed by atoms with Gasteiger partial charge in [-0.3, -0.25) is 15.0 Å². The second-order valence-electron chi connectivity index (χ2n) is 6.20. The third kappa shape index (κ3) is 2.06. The highest BCUT2D eigenvalue weighted by Crippen LogP contribution is 2.52. The SMILES string of the molecule is O=C1C2C3C=CC(C3)C2C(=O)N1Nc1cccc(C(F)(F)F)c1. The van der Waals surface area contributed by atoms with E-state index in [4.69, 9.17) is 0 Å². The Morgan fingerprint density at radius 3 is 2.22 bits per heavy atom. The molecule has 0 radical (unpaired) electrons. The number of amides is 2. The highest BCUT2D eigenvalue weighted by Gasteiger charge is 2.59. The summed E-state index contributed by atoms with van der Waals surface area (Å²) in [6.45, 7) is 0. The normalized spacial score (nSPS) is 31.9. The van der Waals surface area contributed by atoms with Gasteiger partial charge in [-0.05, 0) is 36.5 Å². The molecule has 4 unspecified atom stereocenters. The van der Waals surface area contributed by atoms with Gasteiger partial charge in [0.15, 0.2) is 0 Å². The lowest BCUT2D eigenvalue weighted by Crippen LogP contribution is -2.38. The molecule has 2 amide bonds. The van der Waals surface area contributed by atoms with Gasteiger partial charge in [0.2, 0.25) is 0 Å². The third-order valence-electron chi connectivity index (χ3n) is 4.90. The maximum atomic E-state index is 12.7. The summed E-state index contributed by atoms with van der Waals surface area (Å²) in [6, 6.07) is 4.47. The van der Waals surface area contributed by atoms with Crippen molar-refractivity contribution in [2.75, 3.05) is 5.43 Å². The van der Waals surface area contributed by atoms with Crippen LogP contribution in [0.5, 0.6) is 0 Å². The van der Waals surface area contributed by atoms with Gasteiger partial charge in [-0.25, -0.2) is 0 Å². The molecular formula is C16H13F3N2O2. The van der Waals surface area contributed by atoms with Crippen LogP contribution in [0.2, 0.25) is 0 Å². The van der Waals surface area contributed by atoms with E-state index in [0.717, 1.165) is 23.6 Å². The number of allylic oxidation sites excluding steroid dienone is 2. The Bertz CT molecular complexity index is 698. The quantitative estimate of drug-likeness (QED) is 0.673. The number of fused-ring (bicyclic) bond motifs is 5. The van der Waals surface area contributed by atoms with Crippen molar-refractivity contribution in [3.8, 4) is 0 Å². The number of halogens is 3. The molecule has 0 aromatic heterocycles. The molecule has 0 spiro atoms. The molecule has 1 heterocycles. The summed E-state index contributed by atoms with van der Waals surface area (Å²) in [4.78, 5) is 24.9. The predicted molar refractivity (Wildman–Crippen MR) is 74.6 cm³/mol. The molecule has 4 atom stereocenters. The number of anilines is 1. The molecule has 2 aliphatic carbocycles. The molecule has 2 bridgehead atoms. The molecule has 3 aliphatic rings. The fourth-order valence-corrected chi connectivity index (χ4v) is 3.91. The van der Waals surface area contributed by atoms with E-state index in [0.29, 0.717) is 0 Å². The first kappa shape index (κ1) is 14.3. The van der Waals surface area contributed by atoms with Gasteiger partial charge in [0.05, 0.1) is 23.1 Å². The molecule has 1 aromatic rings. The van der Waals surface area contributed by atoms with E-state index in [1.54, 1.807) is 0 Å². The predicted octanol–water partition coefficient (Wildman–Crippen LogP) is 2.84. The molecule has 1 N–H and O–H groups in total. The highest BCUT2D eigenvalue weighted by atomic mass is 19.4. The van der Waals surface area contributed by atoms with Crippen LogP contribution in [-0.4, -0.2) is 16.8 Å². The lowest BCUT2D eigenvalue weighted by Gasteiger charge is -2.20. The summed E-state index contributed by atoms with van der Waals surface area (Å²) >= 11 is 0. The smallest absolute Gasteiger partial charge is 0.289 e. The van der Waals surface area contributed by atoms with E-state index in [2.05, 4.69) is 5.43 Å². The van der Waals surface area contributed by atoms with E-state index in [9.17, 15) is 22.8 Å². The van der Waals surface area contributed by atoms with E-state index in [1.165, 1.54) is 12.1 Å². The summed E-state index contributed by atoms with van der Waals surface area (Å²) in [5.41, 5.74) is 1.80. The molecule has 7 heteroatoms. The highest BCUT2D eigenvalue weighted by molar-refractivity contribution is 6.07. The number of rotatable bonds is 2. The van der Waals surface area contributed by atoms with Gasteiger partial charge >= 0.3 is 6.18 Å². The van der Waals surface area contributed by atoms with Gasteiger partial charge in [0.1, 0.15) is 0 Å². The summed E-state index contributed by atoms with van der Waals surface area (Å²) < 4.78 is 38.2. The first-order valence-electron chi connectivity index (χ1n) is 7.36. The zero-order chi connectivity index (χ0) is 16.4. The van der Waals surface area contributed by atoms with Crippen molar-refractivity contribution in [2.45, 2.75) is 12.6 Å². The maximum absolute atomic E-state index is 12.7. The Hall–Kier alpha value is -2.31. The van der Waals surface area contributed by atoms with Gasteiger partial charge in [-0.15, -0.1) is 0 Å². The second kappa shape index (κ2) is 4.59. The molecule has 120 valence electrons. The van der Waals surface area contributed by atoms with Crippen LogP contribution < -0.4 is 5.43 Å². The molecule has 1 aliphatic heterocycles. The van der Waals surface area contributed by atoms with Crippen LogP contribution >= 0.6 is 0 Å². The Morgan fingerprint density at radius 1 is 1.04 bits per heavy atom. The summed E-state index contributed by atoms with van der Waals surface area (Å²) in [5.74, 6) is -1.33. The van der Waals surface area contributed by atoms with Crippen LogP contribution in [0.3, 0.4) is 0 Å². The third-order valence-corrected chi connectivity index (χ3v) is 4.90. The second-order valence-corrected chi connectivity index (χ2v) is 6.20. The summed E-state index contributed by atoms with van der Waals surface area (Å²) in [5, 5.41) is 0.886. The molecule has 1 saturated carbocycles. The molecular weight excluding hydrogens is 309 g/mol. The van der Waals surface area contributed by atoms with Gasteiger partial charge in [-0.1, -0.05) is 18.2 Å². The van der Waals surface area contributed by atoms with Crippen molar-refractivity contribution in [2.24, 2.45) is 23.7 Å². The zero-order valence-electron chi connectivity index (χ0n) is 11.9. The van der Waals surface area contributed by atoms with Crippen molar-refractivity contribution >= 4 is 17.5 Å². The number of hydrazine groups is 1. The number of nitrogens with one attached hydrogen (secondary N) is 1. The zero-order valence-corrected chi connectivity index (χ0v) is 11.9. The van der Waals surface area contributed by atoms with Gasteiger partial charge in [0, 0.05) is 0 Å². The van der Waals surface area contributed by atoms with Crippen LogP contribution in [-0.2, 0) is 15.8 Å². The topological polar surface area (TPSA) is 49.4 Å². The van der Waals surface area contributed by atoms with Crippen LogP contribution in [0.15, 0.2) is 36.4 Å². The molecule has 1 saturated heterocycles. The molecule has 4 nitrogen and oxygen atoms in total. The largest absolute Gasteiger partial charge is 0.416 e. The van der Waals surface area contributed by atoms with Crippen molar-refractivity contribution in [3.63, 3.8) is 0 Å². The number of carbonyl (C=O) groups is 2. The lowest BCUT2D eigenvalue weighted by molar-refractivity contribution is -0.139. The van der Waals surface area contributed by atoms with Crippen molar-refractivity contribution < 1.29 is 22.8 Å². The Kier molecular flexibility index (Phi) is 2.86. The van der Waals surface area contributed by atoms with E-state index in [1.807, 2.05) is 12.2 Å². The number of imide groups is 1. The van der Waals surface area contributed by atoms with Gasteiger partial charge < -0.3 is 0 Å². The monoisotopic (exact) mass is 322 g/mol. The standard InChI is InChI=1S/C16H13F3N2O2/c17-16(18,19)10-2-1-3-11(7-10)20-21-14(22)12-8-4-5-9(6-8)13(12)15(21)23/h1-5,7-9,12-13,20H,6H2. The number of hydrogen-bond donors (Lipinski definition) is 1. The summed E-state index contributed by atoms with van der Waals surface area (Å²) in [7, 11) is 0. The first-order chi connectivity index (χ1) is 10.9. The van der Waals surface area contributed by atoms with E-state index in [-0.39, 0.29) is 41.2 Å². The fraction of sp³-hybridized carbons (Fsp3) is 0.375. The molecule has 4 rings (SSSR count). The maximum Gasteiger partial charge on any atom is 0.416 e. The summed E-state index contributed by atoms with van der Waals surface area (Å²) in [6.07, 6.45) is 0.260. The number of benzene rings is 1. The minimum Gasteiger partial charge on any atom is -0.289 e. The Labute approximate surface area is 129 Å². The average Bonchev–Trinajstić information content (AvgIpc) is 3.17. The number of alkyl halides is 3. The Balaban J connectivity index is 1.59. The van der Waals surface area contributed by atoms with Crippen LogP contribution in [0.4, 0.5) is 18.9 Å². The van der Waals surface area contributed by atoms with Crippen molar-refractivity contribution in [1.82, 2.24) is 5.01 Å². The van der Waals surface area contributed by atoms with E-state index >= 15 is 0 Å². The van der Waals surface area contributed by atoms with E-state index < -0.39 is 11.7 Å². The van der Waals surface area contributed by atoms with Crippen molar-refractivity contribution in [1.29, 1.82) is 0 Å². The van der Waals surface area contributed by atoms with Gasteiger partial charge in [0.25, 0.3) is 11.8 Å². The number of hydrogen-bond acceptors (Lipinski definition) is 3. The lowest BCUT2D eigenvalue weighted by atomic mass is 9.85. The van der Waals surface area contributed by atoms with Crippen LogP contribution in [0.1, 0.15) is 12.0 Å². The van der Waals surface area contributed by atoms with Crippen LogP contribution in [0.25, 0.3) is 0 Å². The number of carbonyl (C=O) groups excluding carboxylic acids is 2. The fourth-order valence-electron chi connectivity index (χ4n) is 3.91. The molecule has 2 fully saturated rings. The number of nitrogens with zero attached hydrogens (tertiary/aromatic N) is 1. The molecule has 23 heavy (non-hydrogen) atoms.